The van der Waals surface area contributed by atoms with Crippen molar-refractivity contribution in [3.8, 4) is 0 Å². The van der Waals surface area contributed by atoms with E-state index in [9.17, 15) is 9.18 Å². The van der Waals surface area contributed by atoms with Crippen LogP contribution in [-0.4, -0.2) is 48.6 Å². The average molecular weight is 332 g/mol. The van der Waals surface area contributed by atoms with Crippen LogP contribution in [0.5, 0.6) is 0 Å². The van der Waals surface area contributed by atoms with E-state index in [0.717, 1.165) is 50.9 Å². The smallest absolute Gasteiger partial charge is 0.241 e. The van der Waals surface area contributed by atoms with Gasteiger partial charge in [0.05, 0.1) is 0 Å². The molecule has 6 heteroatoms. The molecule has 130 valence electrons. The monoisotopic (exact) mass is 332 g/mol. The fraction of sp³-hybridized carbons (Fsp3) is 0.611. The first-order valence-electron chi connectivity index (χ1n) is 8.99. The number of carbonyl (C=O) groups is 1. The van der Waals surface area contributed by atoms with E-state index in [-0.39, 0.29) is 23.8 Å². The fourth-order valence-electron chi connectivity index (χ4n) is 4.41. The zero-order valence-corrected chi connectivity index (χ0v) is 13.8. The molecule has 4 rings (SSSR count). The van der Waals surface area contributed by atoms with E-state index in [4.69, 9.17) is 0 Å². The minimum atomic E-state index is -0.207. The van der Waals surface area contributed by atoms with Crippen molar-refractivity contribution >= 4 is 5.91 Å². The molecule has 1 aromatic rings. The maximum atomic E-state index is 13.4. The SMILES string of the molecule is O=C(C1NNC2CCNCC21)N1CCCC1Cc1cccc(F)c1. The summed E-state index contributed by atoms with van der Waals surface area (Å²) < 4.78 is 13.4. The topological polar surface area (TPSA) is 56.4 Å². The fourth-order valence-corrected chi connectivity index (χ4v) is 4.41. The molecule has 3 heterocycles. The van der Waals surface area contributed by atoms with Crippen LogP contribution in [0.15, 0.2) is 24.3 Å². The summed E-state index contributed by atoms with van der Waals surface area (Å²) in [4.78, 5) is 15.1. The van der Waals surface area contributed by atoms with Gasteiger partial charge >= 0.3 is 0 Å². The number of benzene rings is 1. The van der Waals surface area contributed by atoms with Gasteiger partial charge in [-0.2, -0.15) is 0 Å². The minimum Gasteiger partial charge on any atom is -0.338 e. The van der Waals surface area contributed by atoms with Crippen molar-refractivity contribution in [2.75, 3.05) is 19.6 Å². The lowest BCUT2D eigenvalue weighted by Gasteiger charge is -2.32. The summed E-state index contributed by atoms with van der Waals surface area (Å²) in [6.45, 7) is 2.69. The summed E-state index contributed by atoms with van der Waals surface area (Å²) in [6.07, 6.45) is 3.80. The maximum absolute atomic E-state index is 13.4. The number of hydrazine groups is 1. The molecule has 0 aliphatic carbocycles. The van der Waals surface area contributed by atoms with Gasteiger partial charge in [-0.15, -0.1) is 0 Å². The predicted octanol–water partition coefficient (Wildman–Crippen LogP) is 0.814. The first-order chi connectivity index (χ1) is 11.7. The van der Waals surface area contributed by atoms with Gasteiger partial charge in [0, 0.05) is 31.1 Å². The lowest BCUT2D eigenvalue weighted by atomic mass is 9.88. The molecule has 0 bridgehead atoms. The molecule has 3 saturated heterocycles. The van der Waals surface area contributed by atoms with E-state index in [1.54, 1.807) is 12.1 Å². The Hall–Kier alpha value is -1.50. The van der Waals surface area contributed by atoms with Crippen molar-refractivity contribution in [2.45, 2.75) is 43.8 Å². The number of carbonyl (C=O) groups excluding carboxylic acids is 1. The number of fused-ring (bicyclic) bond motifs is 1. The number of hydrogen-bond acceptors (Lipinski definition) is 4. The lowest BCUT2D eigenvalue weighted by Crippen LogP contribution is -2.52. The Morgan fingerprint density at radius 2 is 2.21 bits per heavy atom. The number of hydrogen-bond donors (Lipinski definition) is 3. The van der Waals surface area contributed by atoms with E-state index < -0.39 is 0 Å². The predicted molar refractivity (Wildman–Crippen MR) is 89.7 cm³/mol. The van der Waals surface area contributed by atoms with Gasteiger partial charge in [-0.05, 0) is 49.9 Å². The van der Waals surface area contributed by atoms with Crippen LogP contribution in [0.4, 0.5) is 4.39 Å². The highest BCUT2D eigenvalue weighted by atomic mass is 19.1. The molecule has 3 N–H and O–H groups in total. The van der Waals surface area contributed by atoms with Gasteiger partial charge in [0.2, 0.25) is 5.91 Å². The van der Waals surface area contributed by atoms with Gasteiger partial charge in [-0.25, -0.2) is 9.82 Å². The van der Waals surface area contributed by atoms with Crippen LogP contribution in [0, 0.1) is 11.7 Å². The summed E-state index contributed by atoms with van der Waals surface area (Å²) in [6, 6.07) is 7.13. The van der Waals surface area contributed by atoms with Crippen LogP contribution in [0.1, 0.15) is 24.8 Å². The van der Waals surface area contributed by atoms with Crippen LogP contribution in [0.3, 0.4) is 0 Å². The van der Waals surface area contributed by atoms with E-state index in [2.05, 4.69) is 16.2 Å². The highest BCUT2D eigenvalue weighted by Crippen LogP contribution is 2.27. The third-order valence-corrected chi connectivity index (χ3v) is 5.67. The molecule has 24 heavy (non-hydrogen) atoms. The Balaban J connectivity index is 1.45. The van der Waals surface area contributed by atoms with E-state index >= 15 is 0 Å². The third kappa shape index (κ3) is 3.06. The zero-order valence-electron chi connectivity index (χ0n) is 13.8. The van der Waals surface area contributed by atoms with Gasteiger partial charge in [-0.3, -0.25) is 10.2 Å². The first kappa shape index (κ1) is 16.0. The number of nitrogens with one attached hydrogen (secondary N) is 3. The molecule has 3 aliphatic heterocycles. The van der Waals surface area contributed by atoms with Crippen LogP contribution in [0.2, 0.25) is 0 Å². The summed E-state index contributed by atoms with van der Waals surface area (Å²) in [5, 5.41) is 3.40. The number of rotatable bonds is 3. The lowest BCUT2D eigenvalue weighted by molar-refractivity contribution is -0.135. The van der Waals surface area contributed by atoms with Gasteiger partial charge in [0.15, 0.2) is 0 Å². The Morgan fingerprint density at radius 3 is 3.08 bits per heavy atom. The van der Waals surface area contributed by atoms with E-state index in [0.29, 0.717) is 12.0 Å². The Kier molecular flexibility index (Phi) is 4.52. The normalized spacial score (nSPS) is 32.8. The van der Waals surface area contributed by atoms with Crippen molar-refractivity contribution < 1.29 is 9.18 Å². The van der Waals surface area contributed by atoms with Crippen molar-refractivity contribution in [1.29, 1.82) is 0 Å². The molecular weight excluding hydrogens is 307 g/mol. The zero-order chi connectivity index (χ0) is 16.5. The second kappa shape index (κ2) is 6.78. The molecule has 3 fully saturated rings. The number of likely N-dealkylation sites (tertiary alicyclic amines) is 1. The molecule has 3 aliphatic rings. The molecule has 0 aromatic heterocycles. The number of amides is 1. The van der Waals surface area contributed by atoms with Crippen LogP contribution in [-0.2, 0) is 11.2 Å². The molecule has 4 unspecified atom stereocenters. The maximum Gasteiger partial charge on any atom is 0.241 e. The van der Waals surface area contributed by atoms with Crippen molar-refractivity contribution in [3.63, 3.8) is 0 Å². The molecule has 0 spiro atoms. The molecule has 5 nitrogen and oxygen atoms in total. The van der Waals surface area contributed by atoms with Gasteiger partial charge < -0.3 is 10.2 Å². The van der Waals surface area contributed by atoms with Crippen LogP contribution >= 0.6 is 0 Å². The quantitative estimate of drug-likeness (QED) is 0.767. The summed E-state index contributed by atoms with van der Waals surface area (Å²) in [7, 11) is 0. The van der Waals surface area contributed by atoms with Gasteiger partial charge in [-0.1, -0.05) is 12.1 Å². The summed E-state index contributed by atoms with van der Waals surface area (Å²) in [5.74, 6) is 0.292. The Bertz CT molecular complexity index is 610. The minimum absolute atomic E-state index is 0.157. The van der Waals surface area contributed by atoms with Crippen molar-refractivity contribution in [3.05, 3.63) is 35.6 Å². The van der Waals surface area contributed by atoms with Crippen molar-refractivity contribution in [2.24, 2.45) is 5.92 Å². The summed E-state index contributed by atoms with van der Waals surface area (Å²) >= 11 is 0. The van der Waals surface area contributed by atoms with Gasteiger partial charge in [0.25, 0.3) is 0 Å². The van der Waals surface area contributed by atoms with E-state index in [1.165, 1.54) is 6.07 Å². The standard InChI is InChI=1S/C18H25FN4O/c19-13-4-1-3-12(9-13)10-14-5-2-8-23(14)18(24)17-15-11-20-7-6-16(15)21-22-17/h1,3-4,9,14-17,20-22H,2,5-8,10-11H2. The second-order valence-electron chi connectivity index (χ2n) is 7.19. The number of halogens is 1. The largest absolute Gasteiger partial charge is 0.338 e. The van der Waals surface area contributed by atoms with Gasteiger partial charge in [0.1, 0.15) is 11.9 Å². The summed E-state index contributed by atoms with van der Waals surface area (Å²) in [5.41, 5.74) is 7.49. The third-order valence-electron chi connectivity index (χ3n) is 5.67. The van der Waals surface area contributed by atoms with E-state index in [1.807, 2.05) is 11.0 Å². The number of piperidine rings is 1. The highest BCUT2D eigenvalue weighted by molar-refractivity contribution is 5.83. The molecule has 0 saturated carbocycles. The molecule has 0 radical (unpaired) electrons. The highest BCUT2D eigenvalue weighted by Gasteiger charge is 2.44. The molecule has 1 amide bonds. The molecular formula is C18H25FN4O. The molecule has 4 atom stereocenters. The average Bonchev–Trinajstić information content (AvgIpc) is 3.21. The first-order valence-corrected chi connectivity index (χ1v) is 8.99. The molecule has 1 aromatic carbocycles. The Labute approximate surface area is 141 Å². The Morgan fingerprint density at radius 1 is 1.29 bits per heavy atom. The number of nitrogens with zero attached hydrogens (tertiary/aromatic N) is 1. The van der Waals surface area contributed by atoms with Crippen LogP contribution in [0.25, 0.3) is 0 Å². The van der Waals surface area contributed by atoms with Crippen molar-refractivity contribution in [1.82, 2.24) is 21.1 Å². The van der Waals surface area contributed by atoms with Crippen LogP contribution < -0.4 is 16.2 Å². The second-order valence-corrected chi connectivity index (χ2v) is 7.19.